The minimum atomic E-state index is 0.511. The zero-order chi connectivity index (χ0) is 12.8. The number of rotatable bonds is 4. The Labute approximate surface area is 108 Å². The fourth-order valence-corrected chi connectivity index (χ4v) is 1.95. The Hall–Kier alpha value is -2.09. The molecule has 2 aromatic carbocycles. The van der Waals surface area contributed by atoms with Crippen LogP contribution in [-0.2, 0) is 11.4 Å². The molecule has 0 fully saturated rings. The van der Waals surface area contributed by atoms with Crippen molar-refractivity contribution < 1.29 is 4.84 Å². The molecule has 0 radical (unpaired) electrons. The van der Waals surface area contributed by atoms with Crippen molar-refractivity contribution >= 4 is 6.21 Å². The molecule has 0 unspecified atom stereocenters. The van der Waals surface area contributed by atoms with E-state index in [1.807, 2.05) is 13.0 Å². The van der Waals surface area contributed by atoms with E-state index in [1.165, 1.54) is 22.3 Å². The van der Waals surface area contributed by atoms with Crippen LogP contribution in [-0.4, -0.2) is 6.21 Å². The topological polar surface area (TPSA) is 21.6 Å². The standard InChI is InChI=1S/C16H17NO/c1-3-17-18-12-15-10-7-11-16(13(15)2)14-8-5-4-6-9-14/h3-11H,12H2,1-2H3. The lowest BCUT2D eigenvalue weighted by Crippen LogP contribution is -1.94. The second-order valence-electron chi connectivity index (χ2n) is 4.09. The molecule has 2 rings (SSSR count). The Bertz CT molecular complexity index is 532. The van der Waals surface area contributed by atoms with Crippen molar-refractivity contribution in [3.8, 4) is 11.1 Å². The van der Waals surface area contributed by atoms with E-state index in [9.17, 15) is 0 Å². The van der Waals surface area contributed by atoms with Gasteiger partial charge in [-0.15, -0.1) is 0 Å². The SMILES string of the molecule is CC=NOCc1cccc(-c2ccccc2)c1C. The van der Waals surface area contributed by atoms with Gasteiger partial charge >= 0.3 is 0 Å². The van der Waals surface area contributed by atoms with Crippen molar-refractivity contribution in [3.05, 3.63) is 59.7 Å². The van der Waals surface area contributed by atoms with Gasteiger partial charge in [-0.1, -0.05) is 53.7 Å². The molecule has 0 aliphatic heterocycles. The highest BCUT2D eigenvalue weighted by Gasteiger charge is 2.05. The first-order chi connectivity index (χ1) is 8.83. The molecule has 0 amide bonds. The number of nitrogens with zero attached hydrogens (tertiary/aromatic N) is 1. The smallest absolute Gasteiger partial charge is 0.142 e. The van der Waals surface area contributed by atoms with Gasteiger partial charge < -0.3 is 4.84 Å². The van der Waals surface area contributed by atoms with Crippen LogP contribution >= 0.6 is 0 Å². The summed E-state index contributed by atoms with van der Waals surface area (Å²) in [6.07, 6.45) is 1.65. The van der Waals surface area contributed by atoms with Crippen molar-refractivity contribution in [1.82, 2.24) is 0 Å². The van der Waals surface area contributed by atoms with Crippen molar-refractivity contribution in [2.75, 3.05) is 0 Å². The van der Waals surface area contributed by atoms with Gasteiger partial charge in [0.1, 0.15) is 6.61 Å². The fraction of sp³-hybridized carbons (Fsp3) is 0.188. The Kier molecular flexibility index (Phi) is 4.13. The van der Waals surface area contributed by atoms with E-state index in [-0.39, 0.29) is 0 Å². The highest BCUT2D eigenvalue weighted by atomic mass is 16.6. The molecule has 2 aromatic rings. The first-order valence-corrected chi connectivity index (χ1v) is 6.07. The van der Waals surface area contributed by atoms with Crippen molar-refractivity contribution in [2.45, 2.75) is 20.5 Å². The maximum Gasteiger partial charge on any atom is 0.142 e. The van der Waals surface area contributed by atoms with E-state index in [2.05, 4.69) is 54.5 Å². The van der Waals surface area contributed by atoms with Crippen molar-refractivity contribution in [1.29, 1.82) is 0 Å². The first-order valence-electron chi connectivity index (χ1n) is 6.07. The number of hydrogen-bond donors (Lipinski definition) is 0. The summed E-state index contributed by atoms with van der Waals surface area (Å²) in [5.74, 6) is 0. The molecule has 0 aromatic heterocycles. The van der Waals surface area contributed by atoms with Crippen LogP contribution in [0.1, 0.15) is 18.1 Å². The molecule has 0 aliphatic rings. The van der Waals surface area contributed by atoms with Crippen LogP contribution in [0, 0.1) is 6.92 Å². The van der Waals surface area contributed by atoms with Gasteiger partial charge in [-0.2, -0.15) is 0 Å². The lowest BCUT2D eigenvalue weighted by atomic mass is 9.97. The average molecular weight is 239 g/mol. The number of oxime groups is 1. The molecule has 92 valence electrons. The predicted molar refractivity (Wildman–Crippen MR) is 75.6 cm³/mol. The minimum absolute atomic E-state index is 0.511. The van der Waals surface area contributed by atoms with Crippen LogP contribution < -0.4 is 0 Å². The third kappa shape index (κ3) is 2.77. The molecule has 2 nitrogen and oxygen atoms in total. The second-order valence-corrected chi connectivity index (χ2v) is 4.09. The molecule has 0 heterocycles. The molecular formula is C16H17NO. The zero-order valence-electron chi connectivity index (χ0n) is 10.8. The number of benzene rings is 2. The molecule has 0 N–H and O–H groups in total. The summed E-state index contributed by atoms with van der Waals surface area (Å²) in [5.41, 5.74) is 4.89. The maximum atomic E-state index is 5.21. The normalized spacial score (nSPS) is 10.8. The van der Waals surface area contributed by atoms with Crippen molar-refractivity contribution in [3.63, 3.8) is 0 Å². The second kappa shape index (κ2) is 6.01. The van der Waals surface area contributed by atoms with Crippen molar-refractivity contribution in [2.24, 2.45) is 5.16 Å². The Morgan fingerprint density at radius 1 is 1.06 bits per heavy atom. The summed E-state index contributed by atoms with van der Waals surface area (Å²) in [4.78, 5) is 5.21. The number of hydrogen-bond acceptors (Lipinski definition) is 2. The Morgan fingerprint density at radius 2 is 1.83 bits per heavy atom. The molecule has 18 heavy (non-hydrogen) atoms. The molecule has 2 heteroatoms. The van der Waals surface area contributed by atoms with E-state index in [0.29, 0.717) is 6.61 Å². The third-order valence-corrected chi connectivity index (χ3v) is 2.93. The van der Waals surface area contributed by atoms with E-state index >= 15 is 0 Å². The molecule has 0 bridgehead atoms. The Morgan fingerprint density at radius 3 is 2.56 bits per heavy atom. The first kappa shape index (κ1) is 12.4. The molecule has 0 aliphatic carbocycles. The monoisotopic (exact) mass is 239 g/mol. The van der Waals surface area contributed by atoms with Crippen LogP contribution in [0.4, 0.5) is 0 Å². The summed E-state index contributed by atoms with van der Waals surface area (Å²) in [6.45, 7) is 4.47. The van der Waals surface area contributed by atoms with Crippen LogP contribution in [0.5, 0.6) is 0 Å². The molecule has 0 atom stereocenters. The summed E-state index contributed by atoms with van der Waals surface area (Å²) in [6, 6.07) is 16.7. The quantitative estimate of drug-likeness (QED) is 0.579. The zero-order valence-corrected chi connectivity index (χ0v) is 10.8. The van der Waals surface area contributed by atoms with Gasteiger partial charge in [-0.25, -0.2) is 0 Å². The van der Waals surface area contributed by atoms with Gasteiger partial charge in [0.25, 0.3) is 0 Å². The van der Waals surface area contributed by atoms with E-state index in [0.717, 1.165) is 0 Å². The lowest BCUT2D eigenvalue weighted by molar-refractivity contribution is 0.131. The van der Waals surface area contributed by atoms with Gasteiger partial charge in [-0.05, 0) is 36.1 Å². The van der Waals surface area contributed by atoms with Gasteiger partial charge in [0.15, 0.2) is 0 Å². The van der Waals surface area contributed by atoms with Gasteiger partial charge in [0.2, 0.25) is 0 Å². The summed E-state index contributed by atoms with van der Waals surface area (Å²) >= 11 is 0. The van der Waals surface area contributed by atoms with E-state index in [4.69, 9.17) is 4.84 Å². The third-order valence-electron chi connectivity index (χ3n) is 2.93. The highest BCUT2D eigenvalue weighted by Crippen LogP contribution is 2.25. The summed E-state index contributed by atoms with van der Waals surface area (Å²) < 4.78 is 0. The molecule has 0 saturated carbocycles. The molecular weight excluding hydrogens is 222 g/mol. The largest absolute Gasteiger partial charge is 0.391 e. The van der Waals surface area contributed by atoms with E-state index < -0.39 is 0 Å². The van der Waals surface area contributed by atoms with Crippen LogP contribution in [0.15, 0.2) is 53.7 Å². The maximum absolute atomic E-state index is 5.21. The van der Waals surface area contributed by atoms with Gasteiger partial charge in [0, 0.05) is 6.21 Å². The molecule has 0 saturated heterocycles. The van der Waals surface area contributed by atoms with Crippen LogP contribution in [0.2, 0.25) is 0 Å². The Balaban J connectivity index is 2.30. The highest BCUT2D eigenvalue weighted by molar-refractivity contribution is 5.68. The fourth-order valence-electron chi connectivity index (χ4n) is 1.95. The average Bonchev–Trinajstić information content (AvgIpc) is 2.42. The summed E-state index contributed by atoms with van der Waals surface area (Å²) in [7, 11) is 0. The van der Waals surface area contributed by atoms with Crippen LogP contribution in [0.25, 0.3) is 11.1 Å². The van der Waals surface area contributed by atoms with Crippen LogP contribution in [0.3, 0.4) is 0 Å². The van der Waals surface area contributed by atoms with Gasteiger partial charge in [-0.3, -0.25) is 0 Å². The minimum Gasteiger partial charge on any atom is -0.391 e. The lowest BCUT2D eigenvalue weighted by Gasteiger charge is -2.10. The predicted octanol–water partition coefficient (Wildman–Crippen LogP) is 4.18. The summed E-state index contributed by atoms with van der Waals surface area (Å²) in [5, 5.41) is 3.79. The van der Waals surface area contributed by atoms with Gasteiger partial charge in [0.05, 0.1) is 0 Å². The molecule has 0 spiro atoms. The van der Waals surface area contributed by atoms with E-state index in [1.54, 1.807) is 6.21 Å².